The van der Waals surface area contributed by atoms with Crippen LogP contribution in [0.4, 0.5) is 17.6 Å². The Labute approximate surface area is 238 Å². The summed E-state index contributed by atoms with van der Waals surface area (Å²) < 4.78 is 59.8. The predicted octanol–water partition coefficient (Wildman–Crippen LogP) is 6.28. The van der Waals surface area contributed by atoms with E-state index in [1.54, 1.807) is 12.1 Å². The van der Waals surface area contributed by atoms with Crippen LogP contribution in [0.15, 0.2) is 72.8 Å². The lowest BCUT2D eigenvalue weighted by molar-refractivity contribution is -0.137. The molecular weight excluding hydrogens is 534 g/mol. The zero-order valence-electron chi connectivity index (χ0n) is 22.9. The lowest BCUT2D eigenvalue weighted by atomic mass is 10.0. The van der Waals surface area contributed by atoms with Gasteiger partial charge in [-0.1, -0.05) is 48.5 Å². The Balaban J connectivity index is 1.06. The molecule has 5 rings (SSSR count). The molecule has 0 unspecified atom stereocenters. The zero-order chi connectivity index (χ0) is 28.8. The third kappa shape index (κ3) is 8.07. The van der Waals surface area contributed by atoms with E-state index in [-0.39, 0.29) is 29.4 Å². The highest BCUT2D eigenvalue weighted by atomic mass is 19.4. The summed E-state index contributed by atoms with van der Waals surface area (Å²) in [5, 5.41) is 3.04. The Hall–Kier alpha value is -3.43. The van der Waals surface area contributed by atoms with Crippen molar-refractivity contribution in [1.82, 2.24) is 15.1 Å². The highest BCUT2D eigenvalue weighted by Crippen LogP contribution is 2.30. The largest absolute Gasteiger partial charge is 0.487 e. The van der Waals surface area contributed by atoms with Gasteiger partial charge in [0.15, 0.2) is 11.6 Å². The molecule has 0 aliphatic carbocycles. The molecule has 2 aliphatic heterocycles. The van der Waals surface area contributed by atoms with Crippen molar-refractivity contribution >= 4 is 5.91 Å². The third-order valence-corrected chi connectivity index (χ3v) is 7.85. The van der Waals surface area contributed by atoms with E-state index in [1.165, 1.54) is 29.8 Å². The third-order valence-electron chi connectivity index (χ3n) is 7.85. The van der Waals surface area contributed by atoms with Crippen molar-refractivity contribution in [2.45, 2.75) is 57.1 Å². The number of rotatable bonds is 8. The van der Waals surface area contributed by atoms with Gasteiger partial charge in [0.25, 0.3) is 5.91 Å². The molecule has 0 radical (unpaired) electrons. The van der Waals surface area contributed by atoms with Crippen LogP contribution in [-0.2, 0) is 19.3 Å². The number of nitrogens with one attached hydrogen (secondary N) is 1. The number of amides is 1. The summed E-state index contributed by atoms with van der Waals surface area (Å²) in [5.41, 5.74) is 1.49. The normalized spacial score (nSPS) is 17.9. The molecule has 2 saturated heterocycles. The first-order valence-corrected chi connectivity index (χ1v) is 14.1. The van der Waals surface area contributed by atoms with Gasteiger partial charge < -0.3 is 10.1 Å². The van der Waals surface area contributed by atoms with E-state index < -0.39 is 17.6 Å². The molecule has 218 valence electrons. The number of likely N-dealkylation sites (tertiary alicyclic amines) is 2. The first kappa shape index (κ1) is 29.1. The second kappa shape index (κ2) is 13.0. The van der Waals surface area contributed by atoms with Crippen LogP contribution in [-0.4, -0.2) is 54.0 Å². The Morgan fingerprint density at radius 1 is 0.805 bits per heavy atom. The Morgan fingerprint density at radius 2 is 1.44 bits per heavy atom. The van der Waals surface area contributed by atoms with Gasteiger partial charge in [-0.3, -0.25) is 14.6 Å². The first-order chi connectivity index (χ1) is 19.7. The van der Waals surface area contributed by atoms with E-state index in [0.717, 1.165) is 38.5 Å². The van der Waals surface area contributed by atoms with Crippen LogP contribution in [0.1, 0.15) is 52.7 Å². The SMILES string of the molecule is O=C(NC1CCN(Cc2ccccc2)CC1)c1ccc(OC2CCN(Cc3cccc(C(F)(F)F)c3)CC2)c(F)c1. The fourth-order valence-electron chi connectivity index (χ4n) is 5.55. The number of carbonyl (C=O) groups excluding carboxylic acids is 1. The van der Waals surface area contributed by atoms with E-state index in [4.69, 9.17) is 4.74 Å². The van der Waals surface area contributed by atoms with E-state index in [9.17, 15) is 22.4 Å². The number of hydrogen-bond donors (Lipinski definition) is 1. The minimum atomic E-state index is -4.36. The fourth-order valence-corrected chi connectivity index (χ4v) is 5.55. The Bertz CT molecular complexity index is 1300. The van der Waals surface area contributed by atoms with Gasteiger partial charge in [0.2, 0.25) is 0 Å². The first-order valence-electron chi connectivity index (χ1n) is 14.1. The molecule has 0 bridgehead atoms. The molecule has 0 spiro atoms. The molecular formula is C32H35F4N3O2. The van der Waals surface area contributed by atoms with Crippen molar-refractivity contribution in [3.05, 3.63) is 101 Å². The average molecular weight is 570 g/mol. The number of ether oxygens (including phenoxy) is 1. The van der Waals surface area contributed by atoms with Crippen molar-refractivity contribution in [2.24, 2.45) is 0 Å². The van der Waals surface area contributed by atoms with Crippen LogP contribution in [0.3, 0.4) is 0 Å². The molecule has 3 aromatic carbocycles. The van der Waals surface area contributed by atoms with Gasteiger partial charge in [-0.15, -0.1) is 0 Å². The second-order valence-corrected chi connectivity index (χ2v) is 10.9. The van der Waals surface area contributed by atoms with Crippen LogP contribution in [0.25, 0.3) is 0 Å². The summed E-state index contributed by atoms with van der Waals surface area (Å²) in [5.74, 6) is -0.770. The summed E-state index contributed by atoms with van der Waals surface area (Å²) in [4.78, 5) is 17.3. The van der Waals surface area contributed by atoms with Gasteiger partial charge in [0.05, 0.1) is 5.56 Å². The molecule has 2 fully saturated rings. The maximum atomic E-state index is 14.9. The van der Waals surface area contributed by atoms with E-state index in [0.29, 0.717) is 38.0 Å². The molecule has 1 amide bonds. The molecule has 9 heteroatoms. The molecule has 3 aromatic rings. The maximum Gasteiger partial charge on any atom is 0.416 e. The van der Waals surface area contributed by atoms with Crippen molar-refractivity contribution in [3.8, 4) is 5.75 Å². The van der Waals surface area contributed by atoms with Crippen LogP contribution in [0.5, 0.6) is 5.75 Å². The lowest BCUT2D eigenvalue weighted by Gasteiger charge is -2.32. The number of halogens is 4. The predicted molar refractivity (Wildman–Crippen MR) is 149 cm³/mol. The van der Waals surface area contributed by atoms with Crippen LogP contribution in [0.2, 0.25) is 0 Å². The quantitative estimate of drug-likeness (QED) is 0.324. The van der Waals surface area contributed by atoms with E-state index >= 15 is 0 Å². The zero-order valence-corrected chi connectivity index (χ0v) is 22.9. The molecule has 2 aliphatic rings. The summed E-state index contributed by atoms with van der Waals surface area (Å²) in [7, 11) is 0. The summed E-state index contributed by atoms with van der Waals surface area (Å²) in [6.07, 6.45) is -1.63. The highest BCUT2D eigenvalue weighted by molar-refractivity contribution is 5.94. The smallest absolute Gasteiger partial charge is 0.416 e. The molecule has 0 saturated carbocycles. The highest BCUT2D eigenvalue weighted by Gasteiger charge is 2.31. The van der Waals surface area contributed by atoms with Gasteiger partial charge in [-0.25, -0.2) is 4.39 Å². The van der Waals surface area contributed by atoms with Crippen molar-refractivity contribution in [1.29, 1.82) is 0 Å². The molecule has 0 atom stereocenters. The minimum absolute atomic E-state index is 0.0506. The summed E-state index contributed by atoms with van der Waals surface area (Å²) in [6.45, 7) is 4.35. The summed E-state index contributed by atoms with van der Waals surface area (Å²) in [6, 6.07) is 20.0. The number of hydrogen-bond acceptors (Lipinski definition) is 4. The number of benzene rings is 3. The fraction of sp³-hybridized carbons (Fsp3) is 0.406. The molecule has 5 nitrogen and oxygen atoms in total. The average Bonchev–Trinajstić information content (AvgIpc) is 2.96. The Kier molecular flexibility index (Phi) is 9.25. The van der Waals surface area contributed by atoms with Crippen LogP contribution < -0.4 is 10.1 Å². The van der Waals surface area contributed by atoms with Crippen molar-refractivity contribution in [2.75, 3.05) is 26.2 Å². The van der Waals surface area contributed by atoms with Crippen LogP contribution in [0, 0.1) is 5.82 Å². The van der Waals surface area contributed by atoms with Crippen LogP contribution >= 0.6 is 0 Å². The monoisotopic (exact) mass is 569 g/mol. The topological polar surface area (TPSA) is 44.8 Å². The van der Waals surface area contributed by atoms with Gasteiger partial charge in [-0.05, 0) is 61.1 Å². The summed E-state index contributed by atoms with van der Waals surface area (Å²) >= 11 is 0. The van der Waals surface area contributed by atoms with Gasteiger partial charge >= 0.3 is 6.18 Å². The number of alkyl halides is 3. The van der Waals surface area contributed by atoms with Crippen molar-refractivity contribution in [3.63, 3.8) is 0 Å². The number of carbonyl (C=O) groups is 1. The van der Waals surface area contributed by atoms with E-state index in [2.05, 4.69) is 27.2 Å². The lowest BCUT2D eigenvalue weighted by Crippen LogP contribution is -2.44. The van der Waals surface area contributed by atoms with Gasteiger partial charge in [0, 0.05) is 50.9 Å². The minimum Gasteiger partial charge on any atom is -0.487 e. The molecule has 1 N–H and O–H groups in total. The standard InChI is InChI=1S/C32H35F4N3O2/c33-29-20-25(31(40)37-27-11-15-38(16-12-27)21-23-5-2-1-3-6-23)9-10-30(29)41-28-13-17-39(18-14-28)22-24-7-4-8-26(19-24)32(34,35)36/h1-10,19-20,27-28H,11-18,21-22H2,(H,37,40). The van der Waals surface area contributed by atoms with E-state index in [1.807, 2.05) is 18.2 Å². The molecule has 0 aromatic heterocycles. The number of nitrogens with zero attached hydrogens (tertiary/aromatic N) is 2. The van der Waals surface area contributed by atoms with Crippen molar-refractivity contribution < 1.29 is 27.1 Å². The van der Waals surface area contributed by atoms with Gasteiger partial charge in [-0.2, -0.15) is 13.2 Å². The molecule has 2 heterocycles. The molecule has 41 heavy (non-hydrogen) atoms. The number of piperidine rings is 2. The second-order valence-electron chi connectivity index (χ2n) is 10.9. The van der Waals surface area contributed by atoms with Gasteiger partial charge in [0.1, 0.15) is 6.10 Å². The maximum absolute atomic E-state index is 14.9. The Morgan fingerprint density at radius 3 is 2.10 bits per heavy atom.